The summed E-state index contributed by atoms with van der Waals surface area (Å²) in [6.07, 6.45) is 3.48. The molecule has 5 rings (SSSR count). The van der Waals surface area contributed by atoms with Crippen molar-refractivity contribution >= 4 is 11.3 Å². The van der Waals surface area contributed by atoms with E-state index < -0.39 is 0 Å². The van der Waals surface area contributed by atoms with Gasteiger partial charge < -0.3 is 10.1 Å². The number of aromatic nitrogens is 5. The molecule has 1 unspecified atom stereocenters. The van der Waals surface area contributed by atoms with Crippen LogP contribution in [-0.4, -0.2) is 62.5 Å². The lowest BCUT2D eigenvalue weighted by molar-refractivity contribution is 0.0179. The van der Waals surface area contributed by atoms with Gasteiger partial charge in [-0.1, -0.05) is 36.4 Å². The third kappa shape index (κ3) is 3.87. The molecule has 152 valence electrons. The molecule has 0 radical (unpaired) electrons. The van der Waals surface area contributed by atoms with Crippen molar-refractivity contribution in [2.45, 2.75) is 6.04 Å². The van der Waals surface area contributed by atoms with E-state index in [1.807, 2.05) is 54.7 Å². The number of fused-ring (bicyclic) bond motifs is 1. The van der Waals surface area contributed by atoms with Crippen LogP contribution in [-0.2, 0) is 4.74 Å². The highest BCUT2D eigenvalue weighted by Crippen LogP contribution is 2.25. The van der Waals surface area contributed by atoms with Crippen LogP contribution in [0, 0.1) is 0 Å². The van der Waals surface area contributed by atoms with Crippen LogP contribution in [0.5, 0.6) is 0 Å². The first kappa shape index (κ1) is 18.7. The molecule has 1 aliphatic rings. The van der Waals surface area contributed by atoms with Gasteiger partial charge in [-0.2, -0.15) is 9.61 Å². The van der Waals surface area contributed by atoms with Gasteiger partial charge in [0.2, 0.25) is 5.65 Å². The number of hydrogen-bond donors (Lipinski definition) is 1. The summed E-state index contributed by atoms with van der Waals surface area (Å²) in [4.78, 5) is 7.03. The molecule has 0 saturated carbocycles. The van der Waals surface area contributed by atoms with Crippen LogP contribution < -0.4 is 5.32 Å². The second-order valence-electron chi connectivity index (χ2n) is 7.21. The SMILES string of the molecule is c1ccc(-c2cc(NCC(c3ccccn3)N3CCOCC3)c3nncn3n2)cc1. The van der Waals surface area contributed by atoms with E-state index in [0.717, 1.165) is 48.9 Å². The highest BCUT2D eigenvalue weighted by Gasteiger charge is 2.24. The third-order valence-electron chi connectivity index (χ3n) is 5.34. The fourth-order valence-corrected chi connectivity index (χ4v) is 3.80. The number of nitrogens with zero attached hydrogens (tertiary/aromatic N) is 6. The van der Waals surface area contributed by atoms with E-state index in [2.05, 4.69) is 36.6 Å². The Hall–Kier alpha value is -3.36. The number of anilines is 1. The number of hydrogen-bond acceptors (Lipinski definition) is 7. The monoisotopic (exact) mass is 401 g/mol. The Kier molecular flexibility index (Phi) is 5.32. The van der Waals surface area contributed by atoms with E-state index in [0.29, 0.717) is 12.2 Å². The summed E-state index contributed by atoms with van der Waals surface area (Å²) in [6, 6.07) is 18.3. The molecular weight excluding hydrogens is 378 g/mol. The lowest BCUT2D eigenvalue weighted by Gasteiger charge is -2.34. The van der Waals surface area contributed by atoms with Crippen LogP contribution in [0.3, 0.4) is 0 Å². The van der Waals surface area contributed by atoms with Crippen LogP contribution >= 0.6 is 0 Å². The van der Waals surface area contributed by atoms with Crippen molar-refractivity contribution in [1.82, 2.24) is 29.7 Å². The number of nitrogens with one attached hydrogen (secondary N) is 1. The number of rotatable bonds is 6. The lowest BCUT2D eigenvalue weighted by Crippen LogP contribution is -2.41. The number of pyridine rings is 1. The van der Waals surface area contributed by atoms with Gasteiger partial charge in [0.1, 0.15) is 6.33 Å². The summed E-state index contributed by atoms with van der Waals surface area (Å²) in [7, 11) is 0. The third-order valence-corrected chi connectivity index (χ3v) is 5.34. The van der Waals surface area contributed by atoms with Gasteiger partial charge in [-0.15, -0.1) is 10.2 Å². The molecule has 1 aromatic carbocycles. The van der Waals surface area contributed by atoms with Crippen molar-refractivity contribution in [3.8, 4) is 11.3 Å². The predicted octanol–water partition coefficient (Wildman–Crippen LogP) is 2.67. The van der Waals surface area contributed by atoms with Gasteiger partial charge in [0, 0.05) is 31.4 Å². The van der Waals surface area contributed by atoms with Crippen molar-refractivity contribution in [2.75, 3.05) is 38.2 Å². The standard InChI is InChI=1S/C22H23N7O/c1-2-6-17(7-3-1)19-14-20(22-26-25-16-29(22)27-19)24-15-21(18-8-4-5-9-23-18)28-10-12-30-13-11-28/h1-9,14,16,21,24H,10-13,15H2. The zero-order chi connectivity index (χ0) is 20.2. The second kappa shape index (κ2) is 8.56. The maximum atomic E-state index is 5.55. The van der Waals surface area contributed by atoms with E-state index in [9.17, 15) is 0 Å². The van der Waals surface area contributed by atoms with Crippen molar-refractivity contribution in [1.29, 1.82) is 0 Å². The Bertz CT molecular complexity index is 1090. The Labute approximate surface area is 174 Å². The summed E-state index contributed by atoms with van der Waals surface area (Å²) >= 11 is 0. The first-order chi connectivity index (χ1) is 14.9. The Balaban J connectivity index is 1.45. The van der Waals surface area contributed by atoms with Crippen molar-refractivity contribution in [2.24, 2.45) is 0 Å². The minimum Gasteiger partial charge on any atom is -0.380 e. The first-order valence-corrected chi connectivity index (χ1v) is 10.1. The molecule has 0 bridgehead atoms. The Morgan fingerprint density at radius 3 is 2.67 bits per heavy atom. The van der Waals surface area contributed by atoms with Crippen LogP contribution in [0.25, 0.3) is 16.9 Å². The van der Waals surface area contributed by atoms with E-state index in [1.165, 1.54) is 0 Å². The van der Waals surface area contributed by atoms with Gasteiger partial charge in [0.15, 0.2) is 0 Å². The molecule has 1 N–H and O–H groups in total. The summed E-state index contributed by atoms with van der Waals surface area (Å²) in [6.45, 7) is 3.94. The van der Waals surface area contributed by atoms with Crippen LogP contribution in [0.1, 0.15) is 11.7 Å². The molecule has 30 heavy (non-hydrogen) atoms. The number of ether oxygens (including phenoxy) is 1. The molecule has 1 atom stereocenters. The molecule has 4 aromatic rings. The van der Waals surface area contributed by atoms with Gasteiger partial charge in [-0.25, -0.2) is 0 Å². The normalized spacial score (nSPS) is 15.9. The minimum atomic E-state index is 0.131. The van der Waals surface area contributed by atoms with Gasteiger partial charge in [-0.3, -0.25) is 9.88 Å². The van der Waals surface area contributed by atoms with Crippen molar-refractivity contribution in [3.05, 3.63) is 72.8 Å². The van der Waals surface area contributed by atoms with Crippen molar-refractivity contribution < 1.29 is 4.74 Å². The summed E-state index contributed by atoms with van der Waals surface area (Å²) in [5.41, 5.74) is 4.56. The smallest absolute Gasteiger partial charge is 0.200 e. The van der Waals surface area contributed by atoms with Crippen LogP contribution in [0.4, 0.5) is 5.69 Å². The summed E-state index contributed by atoms with van der Waals surface area (Å²) < 4.78 is 7.27. The maximum absolute atomic E-state index is 5.55. The van der Waals surface area contributed by atoms with E-state index >= 15 is 0 Å². The molecule has 1 fully saturated rings. The van der Waals surface area contributed by atoms with Gasteiger partial charge in [-0.05, 0) is 18.2 Å². The quantitative estimate of drug-likeness (QED) is 0.532. The molecule has 0 spiro atoms. The largest absolute Gasteiger partial charge is 0.380 e. The first-order valence-electron chi connectivity index (χ1n) is 10.1. The Morgan fingerprint density at radius 1 is 1.03 bits per heavy atom. The molecule has 1 aliphatic heterocycles. The molecule has 8 heteroatoms. The number of morpholine rings is 1. The second-order valence-corrected chi connectivity index (χ2v) is 7.21. The molecule has 0 amide bonds. The summed E-state index contributed by atoms with van der Waals surface area (Å²) in [5, 5.41) is 16.5. The molecular formula is C22H23N7O. The molecule has 8 nitrogen and oxygen atoms in total. The van der Waals surface area contributed by atoms with Gasteiger partial charge >= 0.3 is 0 Å². The molecule has 4 heterocycles. The lowest BCUT2D eigenvalue weighted by atomic mass is 10.1. The van der Waals surface area contributed by atoms with E-state index in [-0.39, 0.29) is 6.04 Å². The molecule has 0 aliphatic carbocycles. The number of benzene rings is 1. The molecule has 1 saturated heterocycles. The average Bonchev–Trinajstić information content (AvgIpc) is 3.30. The topological polar surface area (TPSA) is 80.5 Å². The van der Waals surface area contributed by atoms with Gasteiger partial charge in [0.25, 0.3) is 0 Å². The van der Waals surface area contributed by atoms with Crippen LogP contribution in [0.2, 0.25) is 0 Å². The Morgan fingerprint density at radius 2 is 1.87 bits per heavy atom. The maximum Gasteiger partial charge on any atom is 0.200 e. The van der Waals surface area contributed by atoms with E-state index in [1.54, 1.807) is 10.8 Å². The van der Waals surface area contributed by atoms with E-state index in [4.69, 9.17) is 4.74 Å². The summed E-state index contributed by atoms with van der Waals surface area (Å²) in [5.74, 6) is 0. The molecule has 3 aromatic heterocycles. The fourth-order valence-electron chi connectivity index (χ4n) is 3.80. The highest BCUT2D eigenvalue weighted by molar-refractivity contribution is 5.73. The zero-order valence-electron chi connectivity index (χ0n) is 16.6. The van der Waals surface area contributed by atoms with Gasteiger partial charge in [0.05, 0.1) is 36.3 Å². The average molecular weight is 401 g/mol. The fraction of sp³-hybridized carbons (Fsp3) is 0.273. The minimum absolute atomic E-state index is 0.131. The van der Waals surface area contributed by atoms with Crippen molar-refractivity contribution in [3.63, 3.8) is 0 Å². The van der Waals surface area contributed by atoms with Crippen LogP contribution in [0.15, 0.2) is 67.1 Å². The predicted molar refractivity (Wildman–Crippen MR) is 114 cm³/mol. The zero-order valence-corrected chi connectivity index (χ0v) is 16.6. The highest BCUT2D eigenvalue weighted by atomic mass is 16.5.